The first-order chi connectivity index (χ1) is 21.7. The minimum atomic E-state index is -4.16. The number of methoxy groups -OCH3 is 1. The van der Waals surface area contributed by atoms with E-state index in [4.69, 9.17) is 9.47 Å². The number of aryl methyl sites for hydroxylation is 1. The molecule has 0 heterocycles. The van der Waals surface area contributed by atoms with Crippen molar-refractivity contribution in [3.8, 4) is 11.5 Å². The van der Waals surface area contributed by atoms with Crippen LogP contribution in [0.4, 0.5) is 5.69 Å². The Morgan fingerprint density at radius 3 is 2.24 bits per heavy atom. The zero-order chi connectivity index (χ0) is 32.4. The molecule has 0 spiro atoms. The second kappa shape index (κ2) is 15.8. The smallest absolute Gasteiger partial charge is 0.264 e. The van der Waals surface area contributed by atoms with Crippen LogP contribution >= 0.6 is 0 Å². The van der Waals surface area contributed by atoms with Gasteiger partial charge in [0, 0.05) is 12.6 Å². The SMILES string of the molecule is CCOc1ccc(N(CC(=O)N(Cc2cccc(OC)c2)C(CC)C(=O)NC2CCCCC2)S(=O)(=O)c2ccc(C)cc2)cc1. The minimum absolute atomic E-state index is 0.0659. The highest BCUT2D eigenvalue weighted by atomic mass is 32.2. The summed E-state index contributed by atoms with van der Waals surface area (Å²) in [5.41, 5.74) is 1.99. The first kappa shape index (κ1) is 33.8. The largest absolute Gasteiger partial charge is 0.497 e. The molecule has 2 amide bonds. The van der Waals surface area contributed by atoms with Crippen molar-refractivity contribution in [2.24, 2.45) is 0 Å². The second-order valence-corrected chi connectivity index (χ2v) is 13.3. The van der Waals surface area contributed by atoms with Gasteiger partial charge in [-0.15, -0.1) is 0 Å². The van der Waals surface area contributed by atoms with E-state index in [0.717, 1.165) is 47.5 Å². The average molecular weight is 636 g/mol. The monoisotopic (exact) mass is 635 g/mol. The number of benzene rings is 3. The lowest BCUT2D eigenvalue weighted by molar-refractivity contribution is -0.140. The fraction of sp³-hybridized carbons (Fsp3) is 0.429. The molecule has 1 saturated carbocycles. The minimum Gasteiger partial charge on any atom is -0.497 e. The molecular weight excluding hydrogens is 590 g/mol. The Labute approximate surface area is 267 Å². The summed E-state index contributed by atoms with van der Waals surface area (Å²) in [6.07, 6.45) is 5.45. The lowest BCUT2D eigenvalue weighted by Crippen LogP contribution is -2.54. The summed E-state index contributed by atoms with van der Waals surface area (Å²) in [5.74, 6) is 0.491. The average Bonchev–Trinajstić information content (AvgIpc) is 3.04. The number of amides is 2. The van der Waals surface area contributed by atoms with Gasteiger partial charge in [-0.1, -0.05) is 56.0 Å². The van der Waals surface area contributed by atoms with Crippen LogP contribution in [-0.4, -0.2) is 57.5 Å². The molecule has 1 unspecified atom stereocenters. The number of nitrogens with one attached hydrogen (secondary N) is 1. The van der Waals surface area contributed by atoms with Crippen LogP contribution in [0.2, 0.25) is 0 Å². The Bertz CT molecular complexity index is 1520. The fourth-order valence-electron chi connectivity index (χ4n) is 5.67. The van der Waals surface area contributed by atoms with E-state index in [1.165, 1.54) is 17.0 Å². The molecule has 1 fully saturated rings. The third-order valence-electron chi connectivity index (χ3n) is 8.15. The zero-order valence-corrected chi connectivity index (χ0v) is 27.5. The number of carbonyl (C=O) groups is 2. The Hall–Kier alpha value is -4.05. The molecule has 1 atom stereocenters. The van der Waals surface area contributed by atoms with Gasteiger partial charge in [0.2, 0.25) is 11.8 Å². The van der Waals surface area contributed by atoms with Gasteiger partial charge in [0.05, 0.1) is 24.3 Å². The number of sulfonamides is 1. The van der Waals surface area contributed by atoms with Crippen molar-refractivity contribution in [2.45, 2.75) is 82.8 Å². The normalized spacial score (nSPS) is 14.3. The molecule has 45 heavy (non-hydrogen) atoms. The molecule has 4 rings (SSSR count). The maximum absolute atomic E-state index is 14.4. The van der Waals surface area contributed by atoms with E-state index in [1.807, 2.05) is 45.0 Å². The van der Waals surface area contributed by atoms with E-state index in [9.17, 15) is 18.0 Å². The first-order valence-electron chi connectivity index (χ1n) is 15.7. The predicted octanol–water partition coefficient (Wildman–Crippen LogP) is 5.85. The van der Waals surface area contributed by atoms with Crippen molar-refractivity contribution in [1.82, 2.24) is 10.2 Å². The number of hydrogen-bond acceptors (Lipinski definition) is 6. The van der Waals surface area contributed by atoms with Gasteiger partial charge in [-0.2, -0.15) is 0 Å². The molecule has 0 saturated heterocycles. The summed E-state index contributed by atoms with van der Waals surface area (Å²) < 4.78 is 40.3. The number of anilines is 1. The van der Waals surface area contributed by atoms with Crippen molar-refractivity contribution < 1.29 is 27.5 Å². The molecule has 0 bridgehead atoms. The lowest BCUT2D eigenvalue weighted by atomic mass is 9.95. The number of hydrogen-bond donors (Lipinski definition) is 1. The first-order valence-corrected chi connectivity index (χ1v) is 17.1. The highest BCUT2D eigenvalue weighted by molar-refractivity contribution is 7.92. The lowest BCUT2D eigenvalue weighted by Gasteiger charge is -2.34. The topological polar surface area (TPSA) is 105 Å². The molecule has 0 aromatic heterocycles. The molecule has 0 radical (unpaired) electrons. The molecule has 9 nitrogen and oxygen atoms in total. The van der Waals surface area contributed by atoms with Gasteiger partial charge in [0.1, 0.15) is 24.1 Å². The number of nitrogens with zero attached hydrogens (tertiary/aromatic N) is 2. The fourth-order valence-corrected chi connectivity index (χ4v) is 7.09. The molecule has 0 aliphatic heterocycles. The standard InChI is InChI=1S/C35H45N3O6S/c1-5-33(35(40)36-28-12-8-7-9-13-28)37(24-27-11-10-14-31(23-27)43-4)34(39)25-38(29-17-19-30(20-18-29)44-6-2)45(41,42)32-21-15-26(3)16-22-32/h10-11,14-23,28,33H,5-9,12-13,24-25H2,1-4H3,(H,36,40). The van der Waals surface area contributed by atoms with Gasteiger partial charge in [-0.3, -0.25) is 13.9 Å². The van der Waals surface area contributed by atoms with Crippen molar-refractivity contribution in [3.05, 3.63) is 83.9 Å². The van der Waals surface area contributed by atoms with E-state index < -0.39 is 28.5 Å². The van der Waals surface area contributed by atoms with Crippen LogP contribution in [0.25, 0.3) is 0 Å². The maximum atomic E-state index is 14.4. The Kier molecular flexibility index (Phi) is 11.9. The van der Waals surface area contributed by atoms with Crippen molar-refractivity contribution in [3.63, 3.8) is 0 Å². The molecule has 1 aliphatic rings. The maximum Gasteiger partial charge on any atom is 0.264 e. The predicted molar refractivity (Wildman–Crippen MR) is 176 cm³/mol. The summed E-state index contributed by atoms with van der Waals surface area (Å²) in [5, 5.41) is 3.17. The van der Waals surface area contributed by atoms with Crippen LogP contribution in [0.3, 0.4) is 0 Å². The van der Waals surface area contributed by atoms with Gasteiger partial charge in [-0.05, 0) is 87.2 Å². The van der Waals surface area contributed by atoms with E-state index in [2.05, 4.69) is 5.32 Å². The highest BCUT2D eigenvalue weighted by Gasteiger charge is 2.34. The molecule has 10 heteroatoms. The number of rotatable bonds is 14. The van der Waals surface area contributed by atoms with Crippen molar-refractivity contribution in [2.75, 3.05) is 24.6 Å². The Morgan fingerprint density at radius 2 is 1.62 bits per heavy atom. The summed E-state index contributed by atoms with van der Waals surface area (Å²) in [6, 6.07) is 19.7. The van der Waals surface area contributed by atoms with Crippen molar-refractivity contribution in [1.29, 1.82) is 0 Å². The van der Waals surface area contributed by atoms with E-state index >= 15 is 0 Å². The van der Waals surface area contributed by atoms with E-state index in [1.54, 1.807) is 43.5 Å². The van der Waals surface area contributed by atoms with Gasteiger partial charge < -0.3 is 19.7 Å². The third-order valence-corrected chi connectivity index (χ3v) is 9.94. The summed E-state index contributed by atoms with van der Waals surface area (Å²) >= 11 is 0. The Morgan fingerprint density at radius 1 is 0.933 bits per heavy atom. The van der Waals surface area contributed by atoms with Crippen LogP contribution in [0, 0.1) is 6.92 Å². The summed E-state index contributed by atoms with van der Waals surface area (Å²) in [4.78, 5) is 29.7. The van der Waals surface area contributed by atoms with Gasteiger partial charge in [0.15, 0.2) is 0 Å². The van der Waals surface area contributed by atoms with E-state index in [-0.39, 0.29) is 23.4 Å². The molecule has 1 aliphatic carbocycles. The third kappa shape index (κ3) is 8.78. The van der Waals surface area contributed by atoms with Crippen LogP contribution in [0.1, 0.15) is 63.5 Å². The van der Waals surface area contributed by atoms with Crippen LogP contribution in [0.15, 0.2) is 77.7 Å². The molecular formula is C35H45N3O6S. The molecule has 1 N–H and O–H groups in total. The molecule has 242 valence electrons. The number of ether oxygens (including phenoxy) is 2. The van der Waals surface area contributed by atoms with Gasteiger partial charge >= 0.3 is 0 Å². The van der Waals surface area contributed by atoms with Crippen LogP contribution in [0.5, 0.6) is 11.5 Å². The molecule has 3 aromatic rings. The second-order valence-electron chi connectivity index (χ2n) is 11.4. The van der Waals surface area contributed by atoms with Crippen LogP contribution < -0.4 is 19.1 Å². The summed E-state index contributed by atoms with van der Waals surface area (Å²) in [6.45, 7) is 5.68. The van der Waals surface area contributed by atoms with Gasteiger partial charge in [-0.25, -0.2) is 8.42 Å². The van der Waals surface area contributed by atoms with Crippen molar-refractivity contribution >= 4 is 27.5 Å². The Balaban J connectivity index is 1.72. The number of carbonyl (C=O) groups excluding carboxylic acids is 2. The summed E-state index contributed by atoms with van der Waals surface area (Å²) in [7, 11) is -2.59. The van der Waals surface area contributed by atoms with E-state index in [0.29, 0.717) is 30.2 Å². The van der Waals surface area contributed by atoms with Gasteiger partial charge in [0.25, 0.3) is 10.0 Å². The highest BCUT2D eigenvalue weighted by Crippen LogP contribution is 2.28. The van der Waals surface area contributed by atoms with Crippen LogP contribution in [-0.2, 0) is 26.2 Å². The molecule has 3 aromatic carbocycles. The zero-order valence-electron chi connectivity index (χ0n) is 26.7. The quantitative estimate of drug-likeness (QED) is 0.238.